The highest BCUT2D eigenvalue weighted by molar-refractivity contribution is 7.89. The van der Waals surface area contributed by atoms with Crippen LogP contribution in [0.3, 0.4) is 0 Å². The van der Waals surface area contributed by atoms with Crippen LogP contribution in [0.5, 0.6) is 0 Å². The normalized spacial score (nSPS) is 23.5. The van der Waals surface area contributed by atoms with Gasteiger partial charge >= 0.3 is 6.09 Å². The van der Waals surface area contributed by atoms with Gasteiger partial charge < -0.3 is 21.1 Å². The second-order valence-corrected chi connectivity index (χ2v) is 14.5. The summed E-state index contributed by atoms with van der Waals surface area (Å²) >= 11 is 0. The third-order valence-corrected chi connectivity index (χ3v) is 11.3. The van der Waals surface area contributed by atoms with Gasteiger partial charge in [0.05, 0.1) is 5.75 Å². The Kier molecular flexibility index (Phi) is 9.39. The van der Waals surface area contributed by atoms with Gasteiger partial charge in [-0.2, -0.15) is 4.31 Å². The van der Waals surface area contributed by atoms with E-state index in [4.69, 9.17) is 0 Å². The molecule has 3 fully saturated rings. The van der Waals surface area contributed by atoms with E-state index in [0.717, 1.165) is 24.8 Å². The Morgan fingerprint density at radius 1 is 1.00 bits per heavy atom. The van der Waals surface area contributed by atoms with Crippen molar-refractivity contribution in [1.29, 1.82) is 0 Å². The summed E-state index contributed by atoms with van der Waals surface area (Å²) in [4.78, 5) is 26.1. The minimum atomic E-state index is -3.43. The van der Waals surface area contributed by atoms with Crippen LogP contribution in [0.1, 0.15) is 66.2 Å². The monoisotopic (exact) mass is 652 g/mol. The number of anilines is 1. The van der Waals surface area contributed by atoms with Crippen molar-refractivity contribution >= 4 is 27.7 Å². The van der Waals surface area contributed by atoms with Crippen molar-refractivity contribution in [3.8, 4) is 0 Å². The SMILES string of the molecule is O=C(O)NC(C(=O)Nc1cccc(F)c1CCC1CNC2CCCS(=O)(=O)N1C2)C(c1ccc(F)cc1)c1cccc(C2CC2)c1. The number of benzene rings is 3. The number of amides is 2. The van der Waals surface area contributed by atoms with Gasteiger partial charge in [-0.25, -0.2) is 22.0 Å². The molecule has 0 radical (unpaired) electrons. The van der Waals surface area contributed by atoms with Crippen LogP contribution in [0.4, 0.5) is 19.3 Å². The molecule has 3 aromatic rings. The third kappa shape index (κ3) is 7.24. The molecule has 4 N–H and O–H groups in total. The van der Waals surface area contributed by atoms with Crippen molar-refractivity contribution in [3.05, 3.63) is 101 Å². The van der Waals surface area contributed by atoms with Gasteiger partial charge in [-0.3, -0.25) is 4.79 Å². The molecule has 2 saturated heterocycles. The molecule has 1 saturated carbocycles. The number of piperazine rings is 1. The van der Waals surface area contributed by atoms with Crippen molar-refractivity contribution in [1.82, 2.24) is 14.9 Å². The smallest absolute Gasteiger partial charge is 0.405 e. The van der Waals surface area contributed by atoms with E-state index in [2.05, 4.69) is 16.0 Å². The van der Waals surface area contributed by atoms with E-state index in [1.165, 1.54) is 40.7 Å². The molecule has 46 heavy (non-hydrogen) atoms. The Bertz CT molecular complexity index is 1700. The topological polar surface area (TPSA) is 128 Å². The largest absolute Gasteiger partial charge is 0.465 e. The van der Waals surface area contributed by atoms with Gasteiger partial charge in [0.15, 0.2) is 0 Å². The standard InChI is InChI=1S/C34H38F2N4O5S/c35-25-13-11-22(12-14-25)31(24-5-1-4-23(18-24)21-9-10-21)32(39-34(42)43)33(41)38-30-8-2-7-29(36)28(30)16-15-27-19-37-26-6-3-17-46(44,45)40(27)20-26/h1-2,4-5,7-8,11-14,18,21,26-27,31-32,37,39H,3,6,9-10,15-17,19-20H2,(H,38,41)(H,42,43). The third-order valence-electron chi connectivity index (χ3n) is 9.31. The predicted molar refractivity (Wildman–Crippen MR) is 170 cm³/mol. The number of hydrogen-bond donors (Lipinski definition) is 4. The Labute approximate surface area is 267 Å². The molecule has 2 aliphatic heterocycles. The van der Waals surface area contributed by atoms with Gasteiger partial charge in [0.1, 0.15) is 17.7 Å². The van der Waals surface area contributed by atoms with E-state index < -0.39 is 45.6 Å². The highest BCUT2D eigenvalue weighted by Gasteiger charge is 2.38. The van der Waals surface area contributed by atoms with Crippen LogP contribution in [-0.2, 0) is 21.2 Å². The first-order chi connectivity index (χ1) is 22.1. The van der Waals surface area contributed by atoms with Gasteiger partial charge in [-0.15, -0.1) is 0 Å². The number of hydrogen-bond acceptors (Lipinski definition) is 5. The maximum Gasteiger partial charge on any atom is 0.405 e. The molecule has 3 aliphatic rings. The summed E-state index contributed by atoms with van der Waals surface area (Å²) in [6.07, 6.45) is 2.51. The number of sulfonamides is 1. The van der Waals surface area contributed by atoms with Gasteiger partial charge in [-0.1, -0.05) is 42.5 Å². The minimum Gasteiger partial charge on any atom is -0.465 e. The zero-order valence-corrected chi connectivity index (χ0v) is 26.1. The number of rotatable bonds is 10. The minimum absolute atomic E-state index is 0.0828. The lowest BCUT2D eigenvalue weighted by atomic mass is 9.83. The Morgan fingerprint density at radius 2 is 1.76 bits per heavy atom. The quantitative estimate of drug-likeness (QED) is 0.246. The van der Waals surface area contributed by atoms with Gasteiger partial charge in [0.2, 0.25) is 15.9 Å². The lowest BCUT2D eigenvalue weighted by molar-refractivity contribution is -0.118. The highest BCUT2D eigenvalue weighted by Crippen LogP contribution is 2.41. The number of carboxylic acid groups (broad SMARTS) is 1. The predicted octanol–water partition coefficient (Wildman–Crippen LogP) is 4.95. The lowest BCUT2D eigenvalue weighted by Gasteiger charge is -2.37. The molecule has 3 aromatic carbocycles. The molecule has 2 heterocycles. The summed E-state index contributed by atoms with van der Waals surface area (Å²) in [6, 6.07) is 15.9. The number of nitrogens with zero attached hydrogens (tertiary/aromatic N) is 1. The number of nitrogens with one attached hydrogen (secondary N) is 3. The molecular weight excluding hydrogens is 614 g/mol. The Morgan fingerprint density at radius 3 is 2.50 bits per heavy atom. The average molecular weight is 653 g/mol. The first kappa shape index (κ1) is 32.1. The van der Waals surface area contributed by atoms with Crippen LogP contribution >= 0.6 is 0 Å². The van der Waals surface area contributed by atoms with Crippen LogP contribution < -0.4 is 16.0 Å². The maximum atomic E-state index is 15.3. The zero-order chi connectivity index (χ0) is 32.4. The molecule has 244 valence electrons. The van der Waals surface area contributed by atoms with E-state index in [0.29, 0.717) is 43.0 Å². The van der Waals surface area contributed by atoms with Crippen molar-refractivity contribution < 1.29 is 31.9 Å². The molecule has 5 unspecified atom stereocenters. The van der Waals surface area contributed by atoms with Crippen molar-refractivity contribution in [3.63, 3.8) is 0 Å². The fourth-order valence-corrected chi connectivity index (χ4v) is 8.61. The molecule has 0 aromatic heterocycles. The van der Waals surface area contributed by atoms with Crippen LogP contribution in [0.15, 0.2) is 66.7 Å². The van der Waals surface area contributed by atoms with E-state index in [1.54, 1.807) is 6.07 Å². The van der Waals surface area contributed by atoms with Crippen LogP contribution in [-0.4, -0.2) is 66.8 Å². The number of carbonyl (C=O) groups excluding carboxylic acids is 1. The van der Waals surface area contributed by atoms with E-state index in [1.807, 2.05) is 24.3 Å². The number of halogens is 2. The second kappa shape index (κ2) is 13.5. The molecular formula is C34H38F2N4O5S. The fourth-order valence-electron chi connectivity index (χ4n) is 6.80. The molecule has 12 heteroatoms. The second-order valence-electron chi connectivity index (χ2n) is 12.5. The zero-order valence-electron chi connectivity index (χ0n) is 25.3. The summed E-state index contributed by atoms with van der Waals surface area (Å²) in [7, 11) is -3.43. The van der Waals surface area contributed by atoms with E-state index in [-0.39, 0.29) is 35.5 Å². The molecule has 2 bridgehead atoms. The summed E-state index contributed by atoms with van der Waals surface area (Å²) in [5, 5.41) is 18.4. The maximum absolute atomic E-state index is 15.3. The van der Waals surface area contributed by atoms with E-state index >= 15 is 4.39 Å². The van der Waals surface area contributed by atoms with Gasteiger partial charge in [-0.05, 0) is 85.4 Å². The molecule has 9 nitrogen and oxygen atoms in total. The number of fused-ring (bicyclic) bond motifs is 2. The average Bonchev–Trinajstić information content (AvgIpc) is 3.88. The van der Waals surface area contributed by atoms with E-state index in [9.17, 15) is 27.5 Å². The molecule has 5 atom stereocenters. The van der Waals surface area contributed by atoms with Crippen LogP contribution in [0.25, 0.3) is 0 Å². The Hall–Kier alpha value is -3.87. The molecule has 2 amide bonds. The first-order valence-electron chi connectivity index (χ1n) is 15.7. The van der Waals surface area contributed by atoms with Crippen molar-refractivity contribution in [2.45, 2.75) is 68.5 Å². The lowest BCUT2D eigenvalue weighted by Crippen LogP contribution is -2.57. The fraction of sp³-hybridized carbons (Fsp3) is 0.412. The van der Waals surface area contributed by atoms with Crippen molar-refractivity contribution in [2.75, 3.05) is 24.2 Å². The Balaban J connectivity index is 1.28. The first-order valence-corrected chi connectivity index (χ1v) is 17.4. The van der Waals surface area contributed by atoms with Gasteiger partial charge in [0, 0.05) is 42.3 Å². The summed E-state index contributed by atoms with van der Waals surface area (Å²) in [5.41, 5.74) is 2.68. The summed E-state index contributed by atoms with van der Waals surface area (Å²) in [5.74, 6) is -2.08. The van der Waals surface area contributed by atoms with Crippen LogP contribution in [0.2, 0.25) is 0 Å². The van der Waals surface area contributed by atoms with Crippen molar-refractivity contribution in [2.24, 2.45) is 0 Å². The number of carbonyl (C=O) groups is 2. The molecule has 6 rings (SSSR count). The van der Waals surface area contributed by atoms with Crippen LogP contribution in [0, 0.1) is 11.6 Å². The summed E-state index contributed by atoms with van der Waals surface area (Å²) < 4.78 is 56.7. The van der Waals surface area contributed by atoms with Gasteiger partial charge in [0.25, 0.3) is 0 Å². The summed E-state index contributed by atoms with van der Waals surface area (Å²) in [6.45, 7) is 0.826. The molecule has 1 aliphatic carbocycles. The highest BCUT2D eigenvalue weighted by atomic mass is 32.2. The molecule has 0 spiro atoms.